The zero-order chi connectivity index (χ0) is 20.2. The summed E-state index contributed by atoms with van der Waals surface area (Å²) in [6, 6.07) is 13.5. The van der Waals surface area contributed by atoms with E-state index in [0.717, 1.165) is 23.5 Å². The Labute approximate surface area is 213 Å². The Bertz CT molecular complexity index is 708. The van der Waals surface area contributed by atoms with E-state index in [1.165, 1.54) is 31.2 Å². The van der Waals surface area contributed by atoms with E-state index in [9.17, 15) is 0 Å². The van der Waals surface area contributed by atoms with Crippen LogP contribution in [0.4, 0.5) is 0 Å². The lowest BCUT2D eigenvalue weighted by atomic mass is 9.77. The summed E-state index contributed by atoms with van der Waals surface area (Å²) in [5, 5.41) is 1.88. The molecule has 0 nitrogen and oxygen atoms in total. The molecular weight excluding hydrogens is 732 g/mol. The highest BCUT2D eigenvalue weighted by atomic mass is 79.9. The first-order valence-electron chi connectivity index (χ1n) is 8.67. The molecule has 0 amide bonds. The summed E-state index contributed by atoms with van der Waals surface area (Å²) in [7, 11) is 0. The zero-order valence-corrected chi connectivity index (χ0v) is 24.7. The Morgan fingerprint density at radius 3 is 1.41 bits per heavy atom. The number of hydrogen-bond acceptors (Lipinski definition) is 0. The van der Waals surface area contributed by atoms with Gasteiger partial charge in [-0.05, 0) is 47.2 Å². The minimum Gasteiger partial charge on any atom is -0.0916 e. The second-order valence-corrected chi connectivity index (χ2v) is 12.7. The molecule has 2 atom stereocenters. The molecule has 0 radical (unpaired) electrons. The van der Waals surface area contributed by atoms with Crippen LogP contribution in [0.25, 0.3) is 0 Å². The van der Waals surface area contributed by atoms with Gasteiger partial charge in [-0.1, -0.05) is 134 Å². The Morgan fingerprint density at radius 1 is 0.741 bits per heavy atom. The van der Waals surface area contributed by atoms with Gasteiger partial charge in [-0.25, -0.2) is 0 Å². The fourth-order valence-electron chi connectivity index (χ4n) is 2.96. The van der Waals surface area contributed by atoms with E-state index in [0.29, 0.717) is 9.65 Å². The highest BCUT2D eigenvalue weighted by molar-refractivity contribution is 9.12. The lowest BCUT2D eigenvalue weighted by molar-refractivity contribution is 0.639. The Kier molecular flexibility index (Phi) is 10.1. The average molecular weight is 754 g/mol. The van der Waals surface area contributed by atoms with Gasteiger partial charge < -0.3 is 0 Å². The third-order valence-corrected chi connectivity index (χ3v) is 10.8. The molecule has 2 rings (SSSR count). The molecule has 0 aliphatic rings. The van der Waals surface area contributed by atoms with Gasteiger partial charge in [-0.3, -0.25) is 0 Å². The van der Waals surface area contributed by atoms with Gasteiger partial charge in [-0.2, -0.15) is 0 Å². The molecule has 0 spiro atoms. The molecule has 27 heavy (non-hydrogen) atoms. The quantitative estimate of drug-likeness (QED) is 0.237. The summed E-state index contributed by atoms with van der Waals surface area (Å²) in [4.78, 5) is 0.878. The minimum absolute atomic E-state index is 0.0748. The minimum atomic E-state index is -0.0748. The van der Waals surface area contributed by atoms with Gasteiger partial charge in [0.15, 0.2) is 0 Å². The van der Waals surface area contributed by atoms with E-state index in [1.54, 1.807) is 0 Å². The maximum absolute atomic E-state index is 3.78. The molecule has 0 saturated carbocycles. The predicted octanol–water partition coefficient (Wildman–Crippen LogP) is 8.94. The van der Waals surface area contributed by atoms with Crippen LogP contribution in [0, 0.1) is 0 Å². The molecule has 2 aromatic carbocycles. The molecule has 0 saturated heterocycles. The smallest absolute Gasteiger partial charge is 0.0283 e. The summed E-state index contributed by atoms with van der Waals surface area (Å²) in [5.41, 5.74) is 5.19. The summed E-state index contributed by atoms with van der Waals surface area (Å²) in [5.74, 6) is 0. The molecule has 0 N–H and O–H groups in total. The van der Waals surface area contributed by atoms with Gasteiger partial charge in [0, 0.05) is 34.7 Å². The molecule has 2 unspecified atom stereocenters. The summed E-state index contributed by atoms with van der Waals surface area (Å²) in [6.07, 6.45) is 1.99. The van der Waals surface area contributed by atoms with Gasteiger partial charge in [0.05, 0.1) is 0 Å². The molecule has 0 fully saturated rings. The Morgan fingerprint density at radius 2 is 1.11 bits per heavy atom. The van der Waals surface area contributed by atoms with E-state index >= 15 is 0 Å². The van der Waals surface area contributed by atoms with Crippen molar-refractivity contribution in [2.75, 3.05) is 10.7 Å². The topological polar surface area (TPSA) is 0 Å². The standard InChI is InChI=1S/C21H22Br6/c1-21(2,15-5-3-13(19(26)9-15)7-17(24)11-22)16-6-4-14(20(27)10-16)8-18(25)12-23/h3-6,9-10,17-18H,7-8,11-12H2,1-2H3. The lowest BCUT2D eigenvalue weighted by Crippen LogP contribution is -2.19. The molecule has 0 heterocycles. The van der Waals surface area contributed by atoms with Crippen LogP contribution in [0.3, 0.4) is 0 Å². The van der Waals surface area contributed by atoms with Gasteiger partial charge in [0.1, 0.15) is 0 Å². The first kappa shape index (κ1) is 24.6. The van der Waals surface area contributed by atoms with Gasteiger partial charge >= 0.3 is 0 Å². The van der Waals surface area contributed by atoms with E-state index in [-0.39, 0.29) is 5.41 Å². The number of benzene rings is 2. The number of alkyl halides is 4. The van der Waals surface area contributed by atoms with Crippen molar-refractivity contribution >= 4 is 95.6 Å². The van der Waals surface area contributed by atoms with Crippen molar-refractivity contribution < 1.29 is 0 Å². The van der Waals surface area contributed by atoms with Crippen molar-refractivity contribution in [2.45, 2.75) is 41.8 Å². The van der Waals surface area contributed by atoms with Crippen molar-refractivity contribution in [3.63, 3.8) is 0 Å². The normalized spacial score (nSPS) is 14.2. The van der Waals surface area contributed by atoms with E-state index < -0.39 is 0 Å². The van der Waals surface area contributed by atoms with E-state index in [2.05, 4.69) is 146 Å². The van der Waals surface area contributed by atoms with Crippen LogP contribution < -0.4 is 0 Å². The van der Waals surface area contributed by atoms with Crippen molar-refractivity contribution in [1.82, 2.24) is 0 Å². The molecule has 0 aliphatic heterocycles. The number of rotatable bonds is 8. The largest absolute Gasteiger partial charge is 0.0916 e. The first-order chi connectivity index (χ1) is 12.7. The molecule has 0 aromatic heterocycles. The summed E-state index contributed by atoms with van der Waals surface area (Å²) in [6.45, 7) is 4.57. The van der Waals surface area contributed by atoms with E-state index in [4.69, 9.17) is 0 Å². The average Bonchev–Trinajstić information content (AvgIpc) is 2.64. The van der Waals surface area contributed by atoms with Gasteiger partial charge in [0.2, 0.25) is 0 Å². The molecule has 6 heteroatoms. The highest BCUT2D eigenvalue weighted by Gasteiger charge is 2.25. The second kappa shape index (κ2) is 11.1. The maximum Gasteiger partial charge on any atom is 0.0283 e. The molecule has 2 aromatic rings. The van der Waals surface area contributed by atoms with Crippen LogP contribution in [0.15, 0.2) is 45.3 Å². The molecule has 0 aliphatic carbocycles. The molecule has 0 bridgehead atoms. The third kappa shape index (κ3) is 6.65. The van der Waals surface area contributed by atoms with Crippen molar-refractivity contribution in [2.24, 2.45) is 0 Å². The number of hydrogen-bond donors (Lipinski definition) is 0. The molecule has 148 valence electrons. The first-order valence-corrected chi connectivity index (χ1v) is 14.3. The van der Waals surface area contributed by atoms with E-state index in [1.807, 2.05) is 0 Å². The maximum atomic E-state index is 3.78. The zero-order valence-electron chi connectivity index (χ0n) is 15.2. The van der Waals surface area contributed by atoms with Crippen LogP contribution in [-0.4, -0.2) is 20.3 Å². The van der Waals surface area contributed by atoms with Crippen LogP contribution in [-0.2, 0) is 18.3 Å². The van der Waals surface area contributed by atoms with Crippen LogP contribution in [0.1, 0.15) is 36.1 Å². The van der Waals surface area contributed by atoms with Crippen molar-refractivity contribution in [3.05, 3.63) is 67.6 Å². The summed E-state index contributed by atoms with van der Waals surface area (Å²) >= 11 is 22.0. The van der Waals surface area contributed by atoms with Crippen LogP contribution >= 0.6 is 95.6 Å². The van der Waals surface area contributed by atoms with Crippen molar-refractivity contribution in [1.29, 1.82) is 0 Å². The third-order valence-electron chi connectivity index (χ3n) is 4.77. The monoisotopic (exact) mass is 748 g/mol. The number of halogens is 6. The Hall–Kier alpha value is 1.32. The summed E-state index contributed by atoms with van der Waals surface area (Å²) < 4.78 is 2.35. The Balaban J connectivity index is 2.29. The SMILES string of the molecule is CC(C)(c1ccc(CC(Br)CBr)c(Br)c1)c1ccc(CC(Br)CBr)c(Br)c1. The predicted molar refractivity (Wildman–Crippen MR) is 141 cm³/mol. The second-order valence-electron chi connectivity index (χ2n) is 7.15. The van der Waals surface area contributed by atoms with Crippen LogP contribution in [0.2, 0.25) is 0 Å². The highest BCUT2D eigenvalue weighted by Crippen LogP contribution is 2.36. The fraction of sp³-hybridized carbons (Fsp3) is 0.429. The van der Waals surface area contributed by atoms with Gasteiger partial charge in [0.25, 0.3) is 0 Å². The van der Waals surface area contributed by atoms with Crippen molar-refractivity contribution in [3.8, 4) is 0 Å². The van der Waals surface area contributed by atoms with Crippen LogP contribution in [0.5, 0.6) is 0 Å². The lowest BCUT2D eigenvalue weighted by Gasteiger charge is -2.28. The van der Waals surface area contributed by atoms with Gasteiger partial charge in [-0.15, -0.1) is 0 Å². The fourth-order valence-corrected chi connectivity index (χ4v) is 5.19. The molecular formula is C21H22Br6.